The molecule has 0 amide bonds. The Bertz CT molecular complexity index is 574. The van der Waals surface area contributed by atoms with Crippen LogP contribution in [0.25, 0.3) is 0 Å². The van der Waals surface area contributed by atoms with Crippen molar-refractivity contribution < 1.29 is 17.9 Å². The van der Waals surface area contributed by atoms with Crippen molar-refractivity contribution in [2.24, 2.45) is 0 Å². The first-order valence-electron chi connectivity index (χ1n) is 5.47. The highest BCUT2D eigenvalue weighted by atomic mass is 32.2. The lowest BCUT2D eigenvalue weighted by Gasteiger charge is -2.09. The molecule has 4 nitrogen and oxygen atoms in total. The third-order valence-electron chi connectivity index (χ3n) is 2.16. The van der Waals surface area contributed by atoms with Crippen LogP contribution in [0, 0.1) is 0 Å². The molecule has 2 N–H and O–H groups in total. The number of nitrogens with two attached hydrogens (primary N) is 1. The second kappa shape index (κ2) is 6.31. The summed E-state index contributed by atoms with van der Waals surface area (Å²) in [4.78, 5) is 0. The van der Waals surface area contributed by atoms with Crippen molar-refractivity contribution in [3.63, 3.8) is 0 Å². The molecule has 0 aliphatic rings. The summed E-state index contributed by atoms with van der Waals surface area (Å²) < 4.78 is 43.5. The average Bonchev–Trinajstić information content (AvgIpc) is 2.80. The first-order chi connectivity index (χ1) is 9.45. The lowest BCUT2D eigenvalue weighted by Crippen LogP contribution is -2.06. The standard InChI is InChI=1S/C11H10F3N3OS2/c12-11(13,14)7-2-1-3-8(6-7)18-4-5-19-10-17-16-9(15)20-10/h1-3,6H,4-5H2,(H2,15,16). The Kier molecular flexibility index (Phi) is 4.71. The van der Waals surface area contributed by atoms with E-state index < -0.39 is 11.7 Å². The van der Waals surface area contributed by atoms with Crippen LogP contribution in [0.3, 0.4) is 0 Å². The van der Waals surface area contributed by atoms with Crippen LogP contribution < -0.4 is 10.5 Å². The van der Waals surface area contributed by atoms with E-state index in [1.165, 1.54) is 35.2 Å². The van der Waals surface area contributed by atoms with Crippen LogP contribution in [0.2, 0.25) is 0 Å². The molecule has 0 unspecified atom stereocenters. The van der Waals surface area contributed by atoms with Crippen LogP contribution in [0.15, 0.2) is 28.6 Å². The fourth-order valence-corrected chi connectivity index (χ4v) is 2.85. The highest BCUT2D eigenvalue weighted by molar-refractivity contribution is 8.01. The quantitative estimate of drug-likeness (QED) is 0.676. The van der Waals surface area contributed by atoms with Crippen LogP contribution in [-0.4, -0.2) is 22.6 Å². The fraction of sp³-hybridized carbons (Fsp3) is 0.273. The van der Waals surface area contributed by atoms with Gasteiger partial charge in [-0.1, -0.05) is 29.2 Å². The van der Waals surface area contributed by atoms with Gasteiger partial charge in [0.2, 0.25) is 5.13 Å². The predicted molar refractivity (Wildman–Crippen MR) is 72.0 cm³/mol. The zero-order valence-corrected chi connectivity index (χ0v) is 11.7. The third kappa shape index (κ3) is 4.27. The van der Waals surface area contributed by atoms with Crippen molar-refractivity contribution in [1.82, 2.24) is 10.2 Å². The van der Waals surface area contributed by atoms with Gasteiger partial charge in [-0.25, -0.2) is 0 Å². The number of alkyl halides is 3. The topological polar surface area (TPSA) is 61.0 Å². The Hall–Kier alpha value is -1.48. The summed E-state index contributed by atoms with van der Waals surface area (Å²) in [6, 6.07) is 4.79. The largest absolute Gasteiger partial charge is 0.493 e. The van der Waals surface area contributed by atoms with E-state index in [1.54, 1.807) is 0 Å². The maximum absolute atomic E-state index is 12.5. The summed E-state index contributed by atoms with van der Waals surface area (Å²) in [6.45, 7) is 0.269. The summed E-state index contributed by atoms with van der Waals surface area (Å²) in [5.41, 5.74) is 4.70. The first-order valence-corrected chi connectivity index (χ1v) is 7.27. The molecule has 2 rings (SSSR count). The van der Waals surface area contributed by atoms with Crippen LogP contribution >= 0.6 is 23.1 Å². The molecule has 20 heavy (non-hydrogen) atoms. The van der Waals surface area contributed by atoms with Gasteiger partial charge in [-0.2, -0.15) is 13.2 Å². The minimum atomic E-state index is -4.36. The monoisotopic (exact) mass is 321 g/mol. The minimum absolute atomic E-state index is 0.192. The molecule has 1 aromatic heterocycles. The van der Waals surface area contributed by atoms with Gasteiger partial charge in [-0.05, 0) is 18.2 Å². The Labute approximate surface area is 121 Å². The molecule has 1 aromatic carbocycles. The summed E-state index contributed by atoms with van der Waals surface area (Å²) in [5, 5.41) is 7.84. The molecule has 1 heterocycles. The molecule has 0 saturated carbocycles. The van der Waals surface area contributed by atoms with Gasteiger partial charge in [-0.15, -0.1) is 10.2 Å². The van der Waals surface area contributed by atoms with Crippen molar-refractivity contribution in [3.8, 4) is 5.75 Å². The van der Waals surface area contributed by atoms with Crippen LogP contribution in [0.1, 0.15) is 5.56 Å². The van der Waals surface area contributed by atoms with Crippen molar-refractivity contribution in [3.05, 3.63) is 29.8 Å². The molecule has 108 valence electrons. The van der Waals surface area contributed by atoms with E-state index in [4.69, 9.17) is 10.5 Å². The molecule has 0 bridgehead atoms. The summed E-state index contributed by atoms with van der Waals surface area (Å²) >= 11 is 2.64. The van der Waals surface area contributed by atoms with Crippen molar-refractivity contribution in [1.29, 1.82) is 0 Å². The summed E-state index contributed by atoms with van der Waals surface area (Å²) in [7, 11) is 0. The Morgan fingerprint density at radius 1 is 1.30 bits per heavy atom. The van der Waals surface area contributed by atoms with Gasteiger partial charge in [-0.3, -0.25) is 0 Å². The Balaban J connectivity index is 1.82. The second-order valence-electron chi connectivity index (χ2n) is 3.63. The number of halogens is 3. The first kappa shape index (κ1) is 14.9. The van der Waals surface area contributed by atoms with Crippen molar-refractivity contribution in [2.75, 3.05) is 18.1 Å². The Morgan fingerprint density at radius 3 is 2.75 bits per heavy atom. The number of hydrogen-bond donors (Lipinski definition) is 1. The molecular weight excluding hydrogens is 311 g/mol. The molecule has 0 aliphatic heterocycles. The van der Waals surface area contributed by atoms with E-state index in [2.05, 4.69) is 10.2 Å². The summed E-state index contributed by atoms with van der Waals surface area (Å²) in [5.74, 6) is 0.738. The molecule has 2 aromatic rings. The number of benzene rings is 1. The number of ether oxygens (including phenoxy) is 1. The van der Waals surface area contributed by atoms with Crippen LogP contribution in [-0.2, 0) is 6.18 Å². The Morgan fingerprint density at radius 2 is 2.10 bits per heavy atom. The molecule has 0 spiro atoms. The maximum Gasteiger partial charge on any atom is 0.416 e. The van der Waals surface area contributed by atoms with Crippen LogP contribution in [0.4, 0.5) is 18.3 Å². The molecule has 0 atom stereocenters. The SMILES string of the molecule is Nc1nnc(SCCOc2cccc(C(F)(F)F)c2)s1. The third-order valence-corrected chi connectivity index (χ3v) is 4.01. The number of thioether (sulfide) groups is 1. The average molecular weight is 321 g/mol. The number of nitrogen functional groups attached to an aromatic ring is 1. The van der Waals surface area contributed by atoms with Gasteiger partial charge in [0.25, 0.3) is 0 Å². The number of hydrogen-bond acceptors (Lipinski definition) is 6. The van der Waals surface area contributed by atoms with E-state index in [0.717, 1.165) is 12.1 Å². The zero-order valence-electron chi connectivity index (χ0n) is 10.1. The fourth-order valence-electron chi connectivity index (χ4n) is 1.33. The molecule has 0 radical (unpaired) electrons. The van der Waals surface area contributed by atoms with Crippen molar-refractivity contribution in [2.45, 2.75) is 10.5 Å². The molecule has 0 fully saturated rings. The lowest BCUT2D eigenvalue weighted by atomic mass is 10.2. The summed E-state index contributed by atoms with van der Waals surface area (Å²) in [6.07, 6.45) is -4.36. The maximum atomic E-state index is 12.5. The van der Waals surface area contributed by atoms with E-state index in [9.17, 15) is 13.2 Å². The van der Waals surface area contributed by atoms with E-state index >= 15 is 0 Å². The number of nitrogens with zero attached hydrogens (tertiary/aromatic N) is 2. The van der Waals surface area contributed by atoms with E-state index in [-0.39, 0.29) is 12.4 Å². The van der Waals surface area contributed by atoms with Gasteiger partial charge in [0.15, 0.2) is 4.34 Å². The minimum Gasteiger partial charge on any atom is -0.493 e. The van der Waals surface area contributed by atoms with Crippen molar-refractivity contribution >= 4 is 28.2 Å². The molecule has 9 heteroatoms. The van der Waals surface area contributed by atoms with Gasteiger partial charge in [0, 0.05) is 5.75 Å². The predicted octanol–water partition coefficient (Wildman–Crippen LogP) is 3.31. The molecule has 0 aliphatic carbocycles. The van der Waals surface area contributed by atoms with Gasteiger partial charge >= 0.3 is 6.18 Å². The smallest absolute Gasteiger partial charge is 0.416 e. The second-order valence-corrected chi connectivity index (χ2v) is 5.98. The lowest BCUT2D eigenvalue weighted by molar-refractivity contribution is -0.137. The highest BCUT2D eigenvalue weighted by Gasteiger charge is 2.30. The van der Waals surface area contributed by atoms with Crippen LogP contribution in [0.5, 0.6) is 5.75 Å². The van der Waals surface area contributed by atoms with E-state index in [1.807, 2.05) is 0 Å². The molecular formula is C11H10F3N3OS2. The number of aromatic nitrogens is 2. The number of rotatable bonds is 5. The zero-order chi connectivity index (χ0) is 14.6. The van der Waals surface area contributed by atoms with E-state index in [0.29, 0.717) is 15.2 Å². The van der Waals surface area contributed by atoms with Gasteiger partial charge in [0.05, 0.1) is 12.2 Å². The normalized spacial score (nSPS) is 11.6. The number of anilines is 1. The molecule has 0 saturated heterocycles. The van der Waals surface area contributed by atoms with Gasteiger partial charge < -0.3 is 10.5 Å². The van der Waals surface area contributed by atoms with Gasteiger partial charge in [0.1, 0.15) is 5.75 Å². The highest BCUT2D eigenvalue weighted by Crippen LogP contribution is 2.31.